The highest BCUT2D eigenvalue weighted by atomic mass is 32.2. The van der Waals surface area contributed by atoms with Crippen LogP contribution in [-0.4, -0.2) is 170 Å². The van der Waals surface area contributed by atoms with Crippen molar-refractivity contribution >= 4 is 102 Å². The third-order valence-corrected chi connectivity index (χ3v) is 12.0. The van der Waals surface area contributed by atoms with Gasteiger partial charge in [0.05, 0.1) is 25.2 Å². The van der Waals surface area contributed by atoms with Gasteiger partial charge in [-0.2, -0.15) is 25.3 Å². The number of thiol groups is 2. The third-order valence-electron chi connectivity index (χ3n) is 10.3. The molecule has 398 valence electrons. The van der Waals surface area contributed by atoms with Gasteiger partial charge in [0.15, 0.2) is 5.57 Å². The van der Waals surface area contributed by atoms with E-state index in [1.54, 1.807) is 0 Å². The summed E-state index contributed by atoms with van der Waals surface area (Å²) in [6, 6.07) is -6.50. The number of carbonyl (C=O) groups excluding carboxylic acids is 10. The third kappa shape index (κ3) is 18.5. The molecule has 2 saturated heterocycles. The van der Waals surface area contributed by atoms with Crippen LogP contribution in [0.5, 0.6) is 5.75 Å². The Hall–Kier alpha value is -6.18. The molecule has 27 nitrogen and oxygen atoms in total. The number of benzene rings is 1. The van der Waals surface area contributed by atoms with Crippen molar-refractivity contribution in [2.75, 3.05) is 24.6 Å². The van der Waals surface area contributed by atoms with Crippen molar-refractivity contribution in [1.29, 1.82) is 0 Å². The molecule has 1 aromatic rings. The van der Waals surface area contributed by atoms with Gasteiger partial charge in [-0.25, -0.2) is 14.3 Å². The van der Waals surface area contributed by atoms with Crippen LogP contribution in [0.3, 0.4) is 0 Å². The van der Waals surface area contributed by atoms with E-state index in [9.17, 15) is 73.2 Å². The van der Waals surface area contributed by atoms with Gasteiger partial charge in [0.2, 0.25) is 47.3 Å². The number of cyclic esters (lactones) is 2. The first-order valence-electron chi connectivity index (χ1n) is 22.1. The second kappa shape index (κ2) is 28.2. The standard InChI is InChI=1S/C42H60N10O17S3/c1-18(53)30-38(65)47-24(14-28(57)58)34(61)48-25(16-70)35(62)46-22(7-5-6-12-43)32(59)51-39(29-40(66)68-42(3,4)69-41(29)67)72-52-31(19(2)54)37(64)44-15-27(56)45-23(13-20-8-10-21(55)11-9-20)33(60)49-26(17-71)36(63)50-30/h8-11,18-19,22-26,30-31,52-55,70-71H,5-7,12-17,43H2,1-4H3,(H,44,64)(H,45,56)(H,46,62)(H,47,65)(H,48,61)(H,49,60)(H,50,63)(H,51,59)(H,57,58)/t18-,19-,22+,23+,24+,25?,26?,30?,31+/m1/s1. The lowest BCUT2D eigenvalue weighted by atomic mass is 10.0. The van der Waals surface area contributed by atoms with Crippen molar-refractivity contribution in [3.63, 3.8) is 0 Å². The van der Waals surface area contributed by atoms with Crippen molar-refractivity contribution < 1.29 is 82.6 Å². The number of nitrogens with one attached hydrogen (secondary N) is 9. The monoisotopic (exact) mass is 1070 g/mol. The first-order chi connectivity index (χ1) is 33.8. The molecule has 0 bridgehead atoms. The molecule has 2 heterocycles. The number of aliphatic hydroxyl groups excluding tert-OH is 2. The topological polar surface area (TPSA) is 421 Å². The van der Waals surface area contributed by atoms with Crippen molar-refractivity contribution in [3.05, 3.63) is 40.4 Å². The van der Waals surface area contributed by atoms with Gasteiger partial charge in [0.1, 0.15) is 53.1 Å². The maximum Gasteiger partial charge on any atom is 0.351 e. The number of phenols is 1. The van der Waals surface area contributed by atoms with E-state index in [2.05, 4.69) is 72.5 Å². The number of phenolic OH excluding ortho intramolecular Hbond substituents is 1. The zero-order valence-electron chi connectivity index (χ0n) is 39.3. The highest BCUT2D eigenvalue weighted by Gasteiger charge is 2.43. The van der Waals surface area contributed by atoms with E-state index < -0.39 is 161 Å². The number of carboxylic acid groups (broad SMARTS) is 1. The minimum Gasteiger partial charge on any atom is -0.508 e. The van der Waals surface area contributed by atoms with Crippen molar-refractivity contribution in [3.8, 4) is 5.75 Å². The molecule has 8 amide bonds. The van der Waals surface area contributed by atoms with Crippen LogP contribution in [-0.2, 0) is 68.6 Å². The number of rotatable bonds is 12. The quantitative estimate of drug-likeness (QED) is 0.0233. The lowest BCUT2D eigenvalue weighted by molar-refractivity contribution is -0.222. The SMILES string of the molecule is C[C@@H](O)C1NC(=O)C(CS)NC(=O)[C@H](Cc2ccc(O)cc2)NC(=O)CNC(=O)[C@H]([C@@H](C)O)NSC(=C2C(=O)OC(C)(C)OC2=O)NC(=O)[C@H](CCCCN)NC(=O)C(CS)NC(=O)[C@H](CC(=O)O)NC1=O. The minimum absolute atomic E-state index is 0.132. The number of ether oxygens (including phenoxy) is 2. The van der Waals surface area contributed by atoms with Gasteiger partial charge in [-0.15, -0.1) is 0 Å². The number of carboxylic acids is 1. The van der Waals surface area contributed by atoms with Crippen LogP contribution in [0.2, 0.25) is 0 Å². The Morgan fingerprint density at radius 1 is 0.708 bits per heavy atom. The fourth-order valence-electron chi connectivity index (χ4n) is 6.54. The summed E-state index contributed by atoms with van der Waals surface area (Å²) in [4.78, 5) is 148. The number of carbonyl (C=O) groups is 11. The molecule has 1 aromatic carbocycles. The normalized spacial score (nSPS) is 25.8. The molecule has 0 radical (unpaired) electrons. The fourth-order valence-corrected chi connectivity index (χ4v) is 8.02. The predicted molar refractivity (Wildman–Crippen MR) is 259 cm³/mol. The minimum atomic E-state index is -1.98. The molecule has 2 aliphatic rings. The Morgan fingerprint density at radius 3 is 1.75 bits per heavy atom. The van der Waals surface area contributed by atoms with E-state index in [4.69, 9.17) is 15.2 Å². The molecule has 0 aromatic heterocycles. The lowest BCUT2D eigenvalue weighted by Gasteiger charge is -2.31. The summed E-state index contributed by atoms with van der Waals surface area (Å²) in [7, 11) is 0. The number of hydrogen-bond acceptors (Lipinski definition) is 21. The van der Waals surface area contributed by atoms with Gasteiger partial charge in [-0.1, -0.05) is 12.1 Å². The van der Waals surface area contributed by atoms with Crippen molar-refractivity contribution in [1.82, 2.24) is 47.3 Å². The summed E-state index contributed by atoms with van der Waals surface area (Å²) < 4.78 is 13.0. The Balaban J connectivity index is 2.17. The smallest absolute Gasteiger partial charge is 0.351 e. The van der Waals surface area contributed by atoms with Crippen LogP contribution in [0, 0.1) is 0 Å². The Morgan fingerprint density at radius 2 is 1.22 bits per heavy atom. The molecule has 0 spiro atoms. The summed E-state index contributed by atoms with van der Waals surface area (Å²) in [5.41, 5.74) is 5.15. The zero-order chi connectivity index (χ0) is 54.0. The number of unbranched alkanes of at least 4 members (excludes halogenated alkanes) is 1. The Bertz CT molecular complexity index is 2210. The fraction of sp³-hybridized carbons (Fsp3) is 0.548. The summed E-state index contributed by atoms with van der Waals surface area (Å²) in [6.45, 7) is 4.00. The van der Waals surface area contributed by atoms with Crippen LogP contribution >= 0.6 is 37.2 Å². The van der Waals surface area contributed by atoms with Crippen LogP contribution in [0.25, 0.3) is 0 Å². The molecule has 2 aliphatic heterocycles. The van der Waals surface area contributed by atoms with E-state index in [-0.39, 0.29) is 43.5 Å². The van der Waals surface area contributed by atoms with Crippen molar-refractivity contribution in [2.45, 2.75) is 120 Å². The van der Waals surface area contributed by atoms with Crippen LogP contribution in [0.15, 0.2) is 34.9 Å². The van der Waals surface area contributed by atoms with E-state index in [1.165, 1.54) is 38.1 Å². The Kier molecular flexibility index (Phi) is 23.5. The zero-order valence-corrected chi connectivity index (χ0v) is 42.0. The van der Waals surface area contributed by atoms with Gasteiger partial charge < -0.3 is 78.2 Å². The lowest BCUT2D eigenvalue weighted by Crippen LogP contribution is -2.62. The number of aromatic hydroxyl groups is 1. The van der Waals surface area contributed by atoms with Gasteiger partial charge >= 0.3 is 17.9 Å². The molecular weight excluding hydrogens is 1010 g/mol. The van der Waals surface area contributed by atoms with E-state index in [1.807, 2.05) is 0 Å². The summed E-state index contributed by atoms with van der Waals surface area (Å²) in [6.07, 6.45) is -4.38. The van der Waals surface area contributed by atoms with E-state index in [0.717, 1.165) is 13.8 Å². The molecule has 0 aliphatic carbocycles. The highest BCUT2D eigenvalue weighted by molar-refractivity contribution is 8.01. The second-order valence-electron chi connectivity index (χ2n) is 16.7. The van der Waals surface area contributed by atoms with Gasteiger partial charge in [-0.3, -0.25) is 43.2 Å². The van der Waals surface area contributed by atoms with E-state index in [0.29, 0.717) is 12.0 Å². The average Bonchev–Trinajstić information content (AvgIpc) is 3.29. The number of hydrogen-bond donors (Lipinski definition) is 16. The van der Waals surface area contributed by atoms with Gasteiger partial charge in [0.25, 0.3) is 5.79 Å². The molecule has 0 saturated carbocycles. The van der Waals surface area contributed by atoms with Gasteiger partial charge in [0, 0.05) is 31.8 Å². The first-order valence-corrected chi connectivity index (χ1v) is 24.2. The molecule has 3 rings (SSSR count). The summed E-state index contributed by atoms with van der Waals surface area (Å²) >= 11 is 8.53. The van der Waals surface area contributed by atoms with Gasteiger partial charge in [-0.05, 0) is 69.3 Å². The molecule has 72 heavy (non-hydrogen) atoms. The summed E-state index contributed by atoms with van der Waals surface area (Å²) in [5.74, 6) is -16.0. The molecule has 15 N–H and O–H groups in total. The van der Waals surface area contributed by atoms with Crippen molar-refractivity contribution in [2.24, 2.45) is 5.73 Å². The number of aliphatic carboxylic acids is 1. The molecule has 30 heteroatoms. The maximum atomic E-state index is 14.1. The molecular formula is C42H60N10O17S3. The number of esters is 2. The van der Waals surface area contributed by atoms with Crippen LogP contribution in [0.4, 0.5) is 0 Å². The largest absolute Gasteiger partial charge is 0.508 e. The second-order valence-corrected chi connectivity index (χ2v) is 18.3. The number of amides is 8. The van der Waals surface area contributed by atoms with Crippen LogP contribution < -0.4 is 53.0 Å². The molecule has 3 unspecified atom stereocenters. The first kappa shape index (κ1) is 60.1. The number of aliphatic hydroxyl groups is 2. The van der Waals surface area contributed by atoms with E-state index >= 15 is 0 Å². The molecule has 9 atom stereocenters. The average molecular weight is 1070 g/mol. The number of nitrogens with two attached hydrogens (primary N) is 1. The molecule has 2 fully saturated rings. The highest BCUT2D eigenvalue weighted by Crippen LogP contribution is 2.28. The van der Waals surface area contributed by atoms with Crippen LogP contribution in [0.1, 0.15) is 58.9 Å². The predicted octanol–water partition coefficient (Wildman–Crippen LogP) is -5.03. The Labute approximate surface area is 427 Å². The maximum absolute atomic E-state index is 14.1. The summed E-state index contributed by atoms with van der Waals surface area (Å²) in [5, 5.41) is 58.6.